The lowest BCUT2D eigenvalue weighted by molar-refractivity contribution is -0.130. The molecule has 2 aliphatic rings. The zero-order valence-corrected chi connectivity index (χ0v) is 16.4. The molecule has 0 bridgehead atoms. The summed E-state index contributed by atoms with van der Waals surface area (Å²) in [4.78, 5) is 14.5. The molecule has 150 valence electrons. The highest BCUT2D eigenvalue weighted by Crippen LogP contribution is 2.29. The number of likely N-dealkylation sites (tertiary alicyclic amines) is 1. The van der Waals surface area contributed by atoms with Crippen molar-refractivity contribution >= 4 is 5.91 Å². The summed E-state index contributed by atoms with van der Waals surface area (Å²) in [5, 5.41) is 8.47. The van der Waals surface area contributed by atoms with Gasteiger partial charge in [0, 0.05) is 26.1 Å². The van der Waals surface area contributed by atoms with Crippen LogP contribution in [0.3, 0.4) is 0 Å². The minimum atomic E-state index is 0.193. The lowest BCUT2D eigenvalue weighted by atomic mass is 10.1. The first-order valence-corrected chi connectivity index (χ1v) is 10.1. The van der Waals surface area contributed by atoms with Crippen LogP contribution in [0.2, 0.25) is 0 Å². The minimum absolute atomic E-state index is 0.193. The van der Waals surface area contributed by atoms with Gasteiger partial charge >= 0.3 is 0 Å². The molecular weight excluding hydrogens is 356 g/mol. The number of hydrogen-bond acceptors (Lipinski definition) is 5. The molecule has 1 aromatic heterocycles. The fraction of sp³-hybridized carbons (Fsp3) is 0.571. The van der Waals surface area contributed by atoms with E-state index in [4.69, 9.17) is 9.47 Å². The SMILES string of the molecule is COc1cccc(CCC(=O)N2CCC(n3cc(COCC4CC4)nn3)C2)c1. The van der Waals surface area contributed by atoms with Crippen LogP contribution in [0.25, 0.3) is 0 Å². The zero-order valence-electron chi connectivity index (χ0n) is 16.4. The summed E-state index contributed by atoms with van der Waals surface area (Å²) in [6.45, 7) is 2.82. The Hall–Kier alpha value is -2.41. The van der Waals surface area contributed by atoms with Crippen LogP contribution in [-0.4, -0.2) is 52.6 Å². The van der Waals surface area contributed by atoms with Gasteiger partial charge in [-0.3, -0.25) is 4.79 Å². The van der Waals surface area contributed by atoms with Crippen LogP contribution in [0.4, 0.5) is 0 Å². The van der Waals surface area contributed by atoms with E-state index >= 15 is 0 Å². The Morgan fingerprint density at radius 1 is 1.29 bits per heavy atom. The molecule has 2 fully saturated rings. The fourth-order valence-corrected chi connectivity index (χ4v) is 3.59. The molecule has 1 aliphatic heterocycles. The number of aryl methyl sites for hydroxylation is 1. The second-order valence-corrected chi connectivity index (χ2v) is 7.78. The molecular formula is C21H28N4O3. The Kier molecular flexibility index (Phi) is 5.90. The number of benzene rings is 1. The molecule has 7 nitrogen and oxygen atoms in total. The van der Waals surface area contributed by atoms with Gasteiger partial charge in [0.05, 0.1) is 26.0 Å². The summed E-state index contributed by atoms with van der Waals surface area (Å²) >= 11 is 0. The summed E-state index contributed by atoms with van der Waals surface area (Å²) in [5.41, 5.74) is 1.99. The van der Waals surface area contributed by atoms with Crippen molar-refractivity contribution in [2.24, 2.45) is 5.92 Å². The van der Waals surface area contributed by atoms with Crippen molar-refractivity contribution in [2.45, 2.75) is 44.8 Å². The normalized spacial score (nSPS) is 19.2. The summed E-state index contributed by atoms with van der Waals surface area (Å²) in [6.07, 6.45) is 6.69. The van der Waals surface area contributed by atoms with Crippen LogP contribution in [-0.2, 0) is 22.6 Å². The van der Waals surface area contributed by atoms with Gasteiger partial charge in [-0.05, 0) is 49.3 Å². The van der Waals surface area contributed by atoms with Gasteiger partial charge in [-0.1, -0.05) is 17.3 Å². The number of amides is 1. The quantitative estimate of drug-likeness (QED) is 0.665. The summed E-state index contributed by atoms with van der Waals surface area (Å²) < 4.78 is 12.8. The largest absolute Gasteiger partial charge is 0.497 e. The Labute approximate surface area is 165 Å². The standard InChI is InChI=1S/C21H28N4O3/c1-27-20-4-2-3-16(11-20)7-8-21(26)24-10-9-19(13-24)25-12-18(22-23-25)15-28-14-17-5-6-17/h2-4,11-12,17,19H,5-10,13-15H2,1H3. The maximum atomic E-state index is 12.6. The molecule has 1 aromatic carbocycles. The number of carbonyl (C=O) groups excluding carboxylic acids is 1. The lowest BCUT2D eigenvalue weighted by Crippen LogP contribution is -2.29. The molecule has 1 saturated heterocycles. The van der Waals surface area contributed by atoms with E-state index in [2.05, 4.69) is 10.3 Å². The molecule has 7 heteroatoms. The second kappa shape index (κ2) is 8.73. The first-order chi connectivity index (χ1) is 13.7. The highest BCUT2D eigenvalue weighted by Gasteiger charge is 2.28. The molecule has 1 aliphatic carbocycles. The molecule has 1 saturated carbocycles. The van der Waals surface area contributed by atoms with Crippen LogP contribution in [0.1, 0.15) is 43.0 Å². The third-order valence-corrected chi connectivity index (χ3v) is 5.51. The highest BCUT2D eigenvalue weighted by molar-refractivity contribution is 5.76. The van der Waals surface area contributed by atoms with E-state index in [9.17, 15) is 4.79 Å². The molecule has 1 atom stereocenters. The fourth-order valence-electron chi connectivity index (χ4n) is 3.59. The third kappa shape index (κ3) is 4.90. The third-order valence-electron chi connectivity index (χ3n) is 5.51. The number of carbonyl (C=O) groups is 1. The van der Waals surface area contributed by atoms with Gasteiger partial charge in [-0.25, -0.2) is 4.68 Å². The topological polar surface area (TPSA) is 69.5 Å². The van der Waals surface area contributed by atoms with Gasteiger partial charge in [0.25, 0.3) is 0 Å². The van der Waals surface area contributed by atoms with Crippen LogP contribution >= 0.6 is 0 Å². The average molecular weight is 384 g/mol. The smallest absolute Gasteiger partial charge is 0.222 e. The van der Waals surface area contributed by atoms with E-state index in [1.165, 1.54) is 12.8 Å². The summed E-state index contributed by atoms with van der Waals surface area (Å²) in [6, 6.07) is 8.10. The first-order valence-electron chi connectivity index (χ1n) is 10.1. The molecule has 0 radical (unpaired) electrons. The van der Waals surface area contributed by atoms with Crippen molar-refractivity contribution in [1.82, 2.24) is 19.9 Å². The Morgan fingerprint density at radius 2 is 2.18 bits per heavy atom. The summed E-state index contributed by atoms with van der Waals surface area (Å²) in [5.74, 6) is 1.77. The van der Waals surface area contributed by atoms with Crippen LogP contribution < -0.4 is 4.74 Å². The van der Waals surface area contributed by atoms with Crippen LogP contribution in [0.15, 0.2) is 30.5 Å². The van der Waals surface area contributed by atoms with Crippen molar-refractivity contribution in [2.75, 3.05) is 26.8 Å². The molecule has 1 amide bonds. The van der Waals surface area contributed by atoms with Gasteiger partial charge < -0.3 is 14.4 Å². The number of hydrogen-bond donors (Lipinski definition) is 0. The van der Waals surface area contributed by atoms with Gasteiger partial charge in [-0.2, -0.15) is 0 Å². The minimum Gasteiger partial charge on any atom is -0.497 e. The van der Waals surface area contributed by atoms with E-state index in [1.54, 1.807) is 7.11 Å². The van der Waals surface area contributed by atoms with Gasteiger partial charge in [0.15, 0.2) is 0 Å². The van der Waals surface area contributed by atoms with Crippen molar-refractivity contribution in [3.05, 3.63) is 41.7 Å². The van der Waals surface area contributed by atoms with Crippen molar-refractivity contribution in [3.8, 4) is 5.75 Å². The van der Waals surface area contributed by atoms with Gasteiger partial charge in [-0.15, -0.1) is 5.10 Å². The maximum absolute atomic E-state index is 12.6. The van der Waals surface area contributed by atoms with Crippen molar-refractivity contribution in [1.29, 1.82) is 0 Å². The van der Waals surface area contributed by atoms with Gasteiger partial charge in [0.2, 0.25) is 5.91 Å². The molecule has 1 unspecified atom stereocenters. The summed E-state index contributed by atoms with van der Waals surface area (Å²) in [7, 11) is 1.66. The second-order valence-electron chi connectivity index (χ2n) is 7.78. The van der Waals surface area contributed by atoms with Crippen LogP contribution in [0.5, 0.6) is 5.75 Å². The predicted molar refractivity (Wildman–Crippen MR) is 104 cm³/mol. The number of methoxy groups -OCH3 is 1. The van der Waals surface area contributed by atoms with Gasteiger partial charge in [0.1, 0.15) is 11.4 Å². The Balaban J connectivity index is 1.23. The highest BCUT2D eigenvalue weighted by atomic mass is 16.5. The average Bonchev–Trinajstić information content (AvgIpc) is 3.20. The Bertz CT molecular complexity index is 802. The molecule has 2 aromatic rings. The van der Waals surface area contributed by atoms with E-state index in [0.717, 1.165) is 48.9 Å². The molecule has 0 spiro atoms. The number of rotatable bonds is 9. The molecule has 4 rings (SSSR count). The predicted octanol–water partition coefficient (Wildman–Crippen LogP) is 2.62. The number of ether oxygens (including phenoxy) is 2. The monoisotopic (exact) mass is 384 g/mol. The van der Waals surface area contributed by atoms with Crippen molar-refractivity contribution in [3.63, 3.8) is 0 Å². The first kappa shape index (κ1) is 18.9. The van der Waals surface area contributed by atoms with E-state index < -0.39 is 0 Å². The number of nitrogens with zero attached hydrogens (tertiary/aromatic N) is 4. The zero-order chi connectivity index (χ0) is 19.3. The van der Waals surface area contributed by atoms with E-state index in [1.807, 2.05) is 40.0 Å². The Morgan fingerprint density at radius 3 is 3.00 bits per heavy atom. The number of aromatic nitrogens is 3. The molecule has 0 N–H and O–H groups in total. The molecule has 28 heavy (non-hydrogen) atoms. The maximum Gasteiger partial charge on any atom is 0.222 e. The lowest BCUT2D eigenvalue weighted by Gasteiger charge is -2.16. The van der Waals surface area contributed by atoms with E-state index in [-0.39, 0.29) is 11.9 Å². The van der Waals surface area contributed by atoms with Crippen LogP contribution in [0, 0.1) is 5.92 Å². The van der Waals surface area contributed by atoms with E-state index in [0.29, 0.717) is 19.6 Å². The van der Waals surface area contributed by atoms with Crippen molar-refractivity contribution < 1.29 is 14.3 Å². The molecule has 2 heterocycles.